The van der Waals surface area contributed by atoms with Crippen LogP contribution in [0.25, 0.3) is 0 Å². The van der Waals surface area contributed by atoms with Crippen LogP contribution in [0.3, 0.4) is 0 Å². The van der Waals surface area contributed by atoms with Crippen molar-refractivity contribution in [2.75, 3.05) is 5.32 Å². The Morgan fingerprint density at radius 3 is 2.56 bits per heavy atom. The topological polar surface area (TPSA) is 49.3 Å². The first-order valence-electron chi connectivity index (χ1n) is 9.03. The van der Waals surface area contributed by atoms with Gasteiger partial charge in [0.25, 0.3) is 0 Å². The average Bonchev–Trinajstić information content (AvgIpc) is 2.87. The van der Waals surface area contributed by atoms with Crippen LogP contribution < -0.4 is 5.32 Å². The van der Waals surface area contributed by atoms with E-state index in [-0.39, 0.29) is 6.04 Å². The lowest BCUT2D eigenvalue weighted by Gasteiger charge is -2.40. The number of halogens is 1. The zero-order valence-electron chi connectivity index (χ0n) is 14.0. The molecule has 0 spiro atoms. The lowest BCUT2D eigenvalue weighted by Crippen LogP contribution is -2.31. The molecule has 0 amide bonds. The summed E-state index contributed by atoms with van der Waals surface area (Å²) < 4.78 is 0. The number of carboxylic acids is 1. The molecule has 0 saturated heterocycles. The quantitative estimate of drug-likeness (QED) is 0.708. The molecule has 0 aromatic heterocycles. The van der Waals surface area contributed by atoms with Crippen molar-refractivity contribution in [3.8, 4) is 0 Å². The van der Waals surface area contributed by atoms with Gasteiger partial charge in [-0.1, -0.05) is 43.0 Å². The minimum absolute atomic E-state index is 0.222. The highest BCUT2D eigenvalue weighted by molar-refractivity contribution is 6.30. The van der Waals surface area contributed by atoms with E-state index in [9.17, 15) is 4.79 Å². The van der Waals surface area contributed by atoms with Crippen molar-refractivity contribution in [1.82, 2.24) is 0 Å². The van der Waals surface area contributed by atoms with Gasteiger partial charge in [-0.2, -0.15) is 0 Å². The molecule has 25 heavy (non-hydrogen) atoms. The maximum absolute atomic E-state index is 11.1. The first kappa shape index (κ1) is 16.5. The van der Waals surface area contributed by atoms with E-state index < -0.39 is 5.97 Å². The Bertz CT molecular complexity index is 787. The molecule has 3 atom stereocenters. The molecule has 2 aromatic carbocycles. The normalized spacial score (nSPS) is 25.2. The Balaban J connectivity index is 1.74. The van der Waals surface area contributed by atoms with Crippen molar-refractivity contribution in [2.45, 2.75) is 44.1 Å². The Morgan fingerprint density at radius 2 is 1.80 bits per heavy atom. The molecule has 2 N–H and O–H groups in total. The summed E-state index contributed by atoms with van der Waals surface area (Å²) >= 11 is 6.27. The Kier molecular flexibility index (Phi) is 4.43. The highest BCUT2D eigenvalue weighted by Gasteiger charge is 2.37. The van der Waals surface area contributed by atoms with Crippen molar-refractivity contribution in [3.05, 3.63) is 64.2 Å². The number of benzene rings is 2. The molecule has 1 aliphatic carbocycles. The number of rotatable bonds is 2. The van der Waals surface area contributed by atoms with E-state index in [2.05, 4.69) is 17.4 Å². The van der Waals surface area contributed by atoms with Crippen LogP contribution >= 0.6 is 11.6 Å². The summed E-state index contributed by atoms with van der Waals surface area (Å²) in [5, 5.41) is 13.6. The molecular formula is C21H22ClNO2. The molecule has 1 fully saturated rings. The summed E-state index contributed by atoms with van der Waals surface area (Å²) in [7, 11) is 0. The maximum atomic E-state index is 11.1. The predicted molar refractivity (Wildman–Crippen MR) is 101 cm³/mol. The molecule has 1 heterocycles. The number of aromatic carboxylic acids is 1. The van der Waals surface area contributed by atoms with Crippen molar-refractivity contribution < 1.29 is 9.90 Å². The summed E-state index contributed by atoms with van der Waals surface area (Å²) in [5.41, 5.74) is 4.02. The fourth-order valence-corrected chi connectivity index (χ4v) is 4.71. The molecule has 1 saturated carbocycles. The van der Waals surface area contributed by atoms with Crippen LogP contribution in [0, 0.1) is 5.92 Å². The monoisotopic (exact) mass is 355 g/mol. The molecular weight excluding hydrogens is 334 g/mol. The van der Waals surface area contributed by atoms with Crippen molar-refractivity contribution >= 4 is 23.3 Å². The summed E-state index contributed by atoms with van der Waals surface area (Å²) in [5.74, 6) is 0.154. The number of carbonyl (C=O) groups is 1. The summed E-state index contributed by atoms with van der Waals surface area (Å²) in [6.07, 6.45) is 6.19. The van der Waals surface area contributed by atoms with Gasteiger partial charge < -0.3 is 10.4 Å². The van der Waals surface area contributed by atoms with Gasteiger partial charge >= 0.3 is 5.97 Å². The molecule has 2 aliphatic rings. The fraction of sp³-hybridized carbons (Fsp3) is 0.381. The number of fused-ring (bicyclic) bond motifs is 3. The smallest absolute Gasteiger partial charge is 0.335 e. The van der Waals surface area contributed by atoms with Gasteiger partial charge in [0.2, 0.25) is 0 Å². The van der Waals surface area contributed by atoms with E-state index in [0.29, 0.717) is 17.4 Å². The van der Waals surface area contributed by atoms with Crippen molar-refractivity contribution in [3.63, 3.8) is 0 Å². The summed E-state index contributed by atoms with van der Waals surface area (Å²) in [4.78, 5) is 11.1. The van der Waals surface area contributed by atoms with Crippen molar-refractivity contribution in [2.24, 2.45) is 5.92 Å². The standard InChI is InChI=1S/C21H22ClNO2/c22-15-10-11-19-18(12-15)16-4-2-1-3-5-17(16)20(23-19)13-6-8-14(9-7-13)21(24)25/h6-12,16-17,20,23H,1-5H2,(H,24,25)/t16-,17+,20+/m1/s1. The molecule has 3 nitrogen and oxygen atoms in total. The third-order valence-corrected chi connectivity index (χ3v) is 5.97. The summed E-state index contributed by atoms with van der Waals surface area (Å²) in [6, 6.07) is 13.7. The van der Waals surface area contributed by atoms with Crippen LogP contribution in [0.5, 0.6) is 0 Å². The second-order valence-corrected chi connectivity index (χ2v) is 7.63. The highest BCUT2D eigenvalue weighted by Crippen LogP contribution is 2.50. The molecule has 0 bridgehead atoms. The van der Waals surface area contributed by atoms with E-state index in [1.54, 1.807) is 12.1 Å². The SMILES string of the molecule is O=C(O)c1ccc([C@@H]2Nc3ccc(Cl)cc3[C@@H]3CCCCC[C@@H]32)cc1. The van der Waals surface area contributed by atoms with Crippen LogP contribution in [0.4, 0.5) is 5.69 Å². The van der Waals surface area contributed by atoms with Crippen LogP contribution in [0.15, 0.2) is 42.5 Å². The van der Waals surface area contributed by atoms with Gasteiger partial charge in [0, 0.05) is 10.7 Å². The zero-order chi connectivity index (χ0) is 17.4. The molecule has 130 valence electrons. The van der Waals surface area contributed by atoms with Gasteiger partial charge in [0.05, 0.1) is 11.6 Å². The average molecular weight is 356 g/mol. The van der Waals surface area contributed by atoms with Gasteiger partial charge in [0.1, 0.15) is 0 Å². The van der Waals surface area contributed by atoms with Gasteiger partial charge in [-0.15, -0.1) is 0 Å². The molecule has 2 aromatic rings. The number of anilines is 1. The second-order valence-electron chi connectivity index (χ2n) is 7.19. The highest BCUT2D eigenvalue weighted by atomic mass is 35.5. The first-order chi connectivity index (χ1) is 12.1. The third kappa shape index (κ3) is 3.13. The van der Waals surface area contributed by atoms with Gasteiger partial charge in [-0.25, -0.2) is 4.79 Å². The molecule has 1 aliphatic heterocycles. The predicted octanol–water partition coefficient (Wildman–Crippen LogP) is 5.87. The van der Waals surface area contributed by atoms with E-state index in [4.69, 9.17) is 16.7 Å². The number of nitrogens with one attached hydrogen (secondary N) is 1. The van der Waals surface area contributed by atoms with Gasteiger partial charge in [-0.3, -0.25) is 0 Å². The van der Waals surface area contributed by atoms with E-state index >= 15 is 0 Å². The Morgan fingerprint density at radius 1 is 1.04 bits per heavy atom. The third-order valence-electron chi connectivity index (χ3n) is 5.74. The molecule has 0 unspecified atom stereocenters. The minimum Gasteiger partial charge on any atom is -0.478 e. The Labute approximate surface area is 153 Å². The van der Waals surface area contributed by atoms with Crippen LogP contribution in [0.2, 0.25) is 5.02 Å². The Hall–Kier alpha value is -2.00. The second kappa shape index (κ2) is 6.72. The maximum Gasteiger partial charge on any atom is 0.335 e. The number of carboxylic acid groups (broad SMARTS) is 1. The molecule has 4 heteroatoms. The van der Waals surface area contributed by atoms with E-state index in [1.807, 2.05) is 18.2 Å². The van der Waals surface area contributed by atoms with Gasteiger partial charge in [0.15, 0.2) is 0 Å². The summed E-state index contributed by atoms with van der Waals surface area (Å²) in [6.45, 7) is 0. The van der Waals surface area contributed by atoms with Gasteiger partial charge in [-0.05, 0) is 66.1 Å². The van der Waals surface area contributed by atoms with E-state index in [1.165, 1.54) is 48.9 Å². The minimum atomic E-state index is -0.879. The fourth-order valence-electron chi connectivity index (χ4n) is 4.53. The van der Waals surface area contributed by atoms with Crippen molar-refractivity contribution in [1.29, 1.82) is 0 Å². The number of hydrogen-bond acceptors (Lipinski definition) is 2. The van der Waals surface area contributed by atoms with Crippen LogP contribution in [-0.4, -0.2) is 11.1 Å². The van der Waals surface area contributed by atoms with E-state index in [0.717, 1.165) is 5.02 Å². The van der Waals surface area contributed by atoms with Crippen LogP contribution in [-0.2, 0) is 0 Å². The molecule has 4 rings (SSSR count). The first-order valence-corrected chi connectivity index (χ1v) is 9.40. The number of hydrogen-bond donors (Lipinski definition) is 2. The lowest BCUT2D eigenvalue weighted by molar-refractivity contribution is 0.0697. The largest absolute Gasteiger partial charge is 0.478 e. The van der Waals surface area contributed by atoms with Crippen LogP contribution in [0.1, 0.15) is 65.5 Å². The zero-order valence-corrected chi connectivity index (χ0v) is 14.8. The lowest BCUT2D eigenvalue weighted by atomic mass is 9.73. The molecule has 0 radical (unpaired) electrons.